The zero-order chi connectivity index (χ0) is 12.7. The minimum Gasteiger partial charge on any atom is -0.396 e. The van der Waals surface area contributed by atoms with E-state index in [1.165, 1.54) is 0 Å². The standard InChI is InChI=1S/C14H18N4/c1-18-7-6-9(8-18)14-13(16)12(15)10-4-2-3-5-11(10)17-14/h2-5,9H,6-8,16H2,1H3,(H2,15,17). The van der Waals surface area contributed by atoms with Crippen LogP contribution >= 0.6 is 0 Å². The summed E-state index contributed by atoms with van der Waals surface area (Å²) in [7, 11) is 2.13. The van der Waals surface area contributed by atoms with E-state index in [2.05, 4.69) is 11.9 Å². The van der Waals surface area contributed by atoms with Crippen molar-refractivity contribution in [2.45, 2.75) is 12.3 Å². The van der Waals surface area contributed by atoms with Crippen LogP contribution in [0.15, 0.2) is 24.3 Å². The average molecular weight is 242 g/mol. The van der Waals surface area contributed by atoms with Crippen LogP contribution in [0.3, 0.4) is 0 Å². The van der Waals surface area contributed by atoms with Gasteiger partial charge in [-0.25, -0.2) is 0 Å². The van der Waals surface area contributed by atoms with E-state index in [1.54, 1.807) is 0 Å². The fourth-order valence-electron chi connectivity index (χ4n) is 2.74. The maximum atomic E-state index is 6.17. The number of para-hydroxylation sites is 1. The summed E-state index contributed by atoms with van der Waals surface area (Å²) in [5, 5.41) is 0.949. The van der Waals surface area contributed by atoms with E-state index in [0.29, 0.717) is 17.3 Å². The van der Waals surface area contributed by atoms with Crippen molar-refractivity contribution in [3.63, 3.8) is 0 Å². The van der Waals surface area contributed by atoms with Gasteiger partial charge >= 0.3 is 0 Å². The van der Waals surface area contributed by atoms with E-state index in [1.807, 2.05) is 24.3 Å². The number of nitrogen functional groups attached to an aromatic ring is 2. The van der Waals surface area contributed by atoms with Gasteiger partial charge in [-0.3, -0.25) is 4.98 Å². The lowest BCUT2D eigenvalue weighted by Gasteiger charge is -2.15. The number of anilines is 2. The zero-order valence-corrected chi connectivity index (χ0v) is 10.6. The molecule has 1 aromatic heterocycles. The molecule has 1 saturated heterocycles. The summed E-state index contributed by atoms with van der Waals surface area (Å²) >= 11 is 0. The molecule has 0 aliphatic carbocycles. The fraction of sp³-hybridized carbons (Fsp3) is 0.357. The summed E-state index contributed by atoms with van der Waals surface area (Å²) in [5.41, 5.74) is 15.5. The van der Waals surface area contributed by atoms with Gasteiger partial charge in [0.15, 0.2) is 0 Å². The maximum absolute atomic E-state index is 6.17. The molecule has 18 heavy (non-hydrogen) atoms. The van der Waals surface area contributed by atoms with Gasteiger partial charge in [-0.05, 0) is 26.1 Å². The third-order valence-electron chi connectivity index (χ3n) is 3.78. The number of fused-ring (bicyclic) bond motifs is 1. The summed E-state index contributed by atoms with van der Waals surface area (Å²) in [6.07, 6.45) is 1.10. The molecule has 2 heterocycles. The number of hydrogen-bond donors (Lipinski definition) is 2. The van der Waals surface area contributed by atoms with Crippen LogP contribution in [0.5, 0.6) is 0 Å². The molecule has 1 aromatic carbocycles. The second-order valence-electron chi connectivity index (χ2n) is 5.09. The molecule has 4 N–H and O–H groups in total. The Morgan fingerprint density at radius 3 is 2.72 bits per heavy atom. The first-order valence-electron chi connectivity index (χ1n) is 6.29. The summed E-state index contributed by atoms with van der Waals surface area (Å²) in [4.78, 5) is 7.02. The molecule has 1 aliphatic rings. The first-order valence-corrected chi connectivity index (χ1v) is 6.29. The number of benzene rings is 1. The summed E-state index contributed by atoms with van der Waals surface area (Å²) in [5.74, 6) is 0.405. The topological polar surface area (TPSA) is 68.2 Å². The Morgan fingerprint density at radius 2 is 2.00 bits per heavy atom. The van der Waals surface area contributed by atoms with E-state index < -0.39 is 0 Å². The molecule has 3 rings (SSSR count). The minimum absolute atomic E-state index is 0.405. The Balaban J connectivity index is 2.15. The van der Waals surface area contributed by atoms with Crippen LogP contribution in [0.1, 0.15) is 18.0 Å². The molecule has 0 amide bonds. The summed E-state index contributed by atoms with van der Waals surface area (Å²) in [6, 6.07) is 7.91. The number of aromatic nitrogens is 1. The molecule has 0 saturated carbocycles. The Labute approximate surface area is 107 Å². The van der Waals surface area contributed by atoms with Crippen LogP contribution in [-0.2, 0) is 0 Å². The first kappa shape index (κ1) is 11.3. The number of rotatable bonds is 1. The number of nitrogens with two attached hydrogens (primary N) is 2. The monoisotopic (exact) mass is 242 g/mol. The van der Waals surface area contributed by atoms with Crippen molar-refractivity contribution in [2.75, 3.05) is 31.6 Å². The lowest BCUT2D eigenvalue weighted by atomic mass is 10.00. The highest BCUT2D eigenvalue weighted by atomic mass is 15.1. The molecule has 94 valence electrons. The number of likely N-dealkylation sites (N-methyl/N-ethyl adjacent to an activating group) is 1. The van der Waals surface area contributed by atoms with E-state index >= 15 is 0 Å². The number of hydrogen-bond acceptors (Lipinski definition) is 4. The van der Waals surface area contributed by atoms with Crippen LogP contribution in [0.2, 0.25) is 0 Å². The Kier molecular flexibility index (Phi) is 2.59. The molecule has 4 nitrogen and oxygen atoms in total. The third-order valence-corrected chi connectivity index (χ3v) is 3.78. The molecule has 0 radical (unpaired) electrons. The van der Waals surface area contributed by atoms with Crippen LogP contribution in [0.4, 0.5) is 11.4 Å². The largest absolute Gasteiger partial charge is 0.396 e. The summed E-state index contributed by atoms with van der Waals surface area (Å²) < 4.78 is 0. The third kappa shape index (κ3) is 1.69. The van der Waals surface area contributed by atoms with Crippen molar-refractivity contribution < 1.29 is 0 Å². The normalized spacial score (nSPS) is 20.6. The predicted molar refractivity (Wildman–Crippen MR) is 75.4 cm³/mol. The smallest absolute Gasteiger partial charge is 0.0777 e. The van der Waals surface area contributed by atoms with Crippen molar-refractivity contribution in [3.05, 3.63) is 30.0 Å². The van der Waals surface area contributed by atoms with Crippen molar-refractivity contribution in [1.82, 2.24) is 9.88 Å². The highest BCUT2D eigenvalue weighted by Crippen LogP contribution is 2.35. The molecule has 1 atom stereocenters. The second-order valence-corrected chi connectivity index (χ2v) is 5.09. The molecule has 2 aromatic rings. The predicted octanol–water partition coefficient (Wildman–Crippen LogP) is 1.82. The molecule has 1 unspecified atom stereocenters. The molecule has 0 bridgehead atoms. The van der Waals surface area contributed by atoms with Gasteiger partial charge in [-0.15, -0.1) is 0 Å². The Hall–Kier alpha value is -1.81. The van der Waals surface area contributed by atoms with Crippen LogP contribution in [0, 0.1) is 0 Å². The Morgan fingerprint density at radius 1 is 1.22 bits per heavy atom. The first-order chi connectivity index (χ1) is 8.66. The SMILES string of the molecule is CN1CCC(c2nc3ccccc3c(N)c2N)C1. The molecule has 1 fully saturated rings. The highest BCUT2D eigenvalue weighted by Gasteiger charge is 2.25. The van der Waals surface area contributed by atoms with Crippen LogP contribution in [0.25, 0.3) is 10.9 Å². The van der Waals surface area contributed by atoms with Crippen molar-refractivity contribution >= 4 is 22.3 Å². The average Bonchev–Trinajstić information content (AvgIpc) is 2.80. The number of pyridine rings is 1. The highest BCUT2D eigenvalue weighted by molar-refractivity contribution is 5.96. The van der Waals surface area contributed by atoms with Crippen molar-refractivity contribution in [1.29, 1.82) is 0 Å². The van der Waals surface area contributed by atoms with E-state index in [9.17, 15) is 0 Å². The number of likely N-dealkylation sites (tertiary alicyclic amines) is 1. The fourth-order valence-corrected chi connectivity index (χ4v) is 2.74. The molecule has 4 heteroatoms. The summed E-state index contributed by atoms with van der Waals surface area (Å²) in [6.45, 7) is 2.10. The molecular weight excluding hydrogens is 224 g/mol. The second kappa shape index (κ2) is 4.14. The van der Waals surface area contributed by atoms with Crippen LogP contribution in [-0.4, -0.2) is 30.0 Å². The van der Waals surface area contributed by atoms with Gasteiger partial charge in [-0.1, -0.05) is 18.2 Å². The van der Waals surface area contributed by atoms with Gasteiger partial charge in [0.2, 0.25) is 0 Å². The van der Waals surface area contributed by atoms with Gasteiger partial charge in [0.1, 0.15) is 0 Å². The van der Waals surface area contributed by atoms with Crippen LogP contribution < -0.4 is 11.5 Å². The van der Waals surface area contributed by atoms with Gasteiger partial charge in [0, 0.05) is 17.8 Å². The zero-order valence-electron chi connectivity index (χ0n) is 10.6. The van der Waals surface area contributed by atoms with E-state index in [-0.39, 0.29) is 0 Å². The Bertz CT molecular complexity index is 594. The van der Waals surface area contributed by atoms with E-state index in [4.69, 9.17) is 16.5 Å². The lowest BCUT2D eigenvalue weighted by molar-refractivity contribution is 0.411. The molecular formula is C14H18N4. The molecule has 1 aliphatic heterocycles. The van der Waals surface area contributed by atoms with Crippen molar-refractivity contribution in [2.24, 2.45) is 0 Å². The lowest BCUT2D eigenvalue weighted by Crippen LogP contribution is -2.15. The van der Waals surface area contributed by atoms with E-state index in [0.717, 1.165) is 36.1 Å². The van der Waals surface area contributed by atoms with Gasteiger partial charge in [0.05, 0.1) is 22.6 Å². The number of nitrogens with zero attached hydrogens (tertiary/aromatic N) is 2. The maximum Gasteiger partial charge on any atom is 0.0777 e. The minimum atomic E-state index is 0.405. The van der Waals surface area contributed by atoms with Gasteiger partial charge < -0.3 is 16.4 Å². The quantitative estimate of drug-likeness (QED) is 0.800. The van der Waals surface area contributed by atoms with Crippen molar-refractivity contribution in [3.8, 4) is 0 Å². The molecule has 0 spiro atoms. The van der Waals surface area contributed by atoms with Gasteiger partial charge in [0.25, 0.3) is 0 Å². The van der Waals surface area contributed by atoms with Gasteiger partial charge in [-0.2, -0.15) is 0 Å².